The van der Waals surface area contributed by atoms with Crippen LogP contribution in [0.25, 0.3) is 0 Å². The van der Waals surface area contributed by atoms with E-state index in [1.807, 2.05) is 13.8 Å². The van der Waals surface area contributed by atoms with E-state index in [1.165, 1.54) is 7.11 Å². The van der Waals surface area contributed by atoms with Crippen LogP contribution < -0.4 is 5.32 Å². The maximum Gasteiger partial charge on any atom is 0.328 e. The number of hydrogen-bond acceptors (Lipinski definition) is 3. The zero-order valence-corrected chi connectivity index (χ0v) is 10.1. The maximum atomic E-state index is 11.4. The minimum Gasteiger partial charge on any atom is -0.467 e. The van der Waals surface area contributed by atoms with Gasteiger partial charge in [-0.1, -0.05) is 13.8 Å². The number of halogens is 1. The molecule has 0 aliphatic rings. The Kier molecular flexibility index (Phi) is 7.13. The zero-order valence-electron chi connectivity index (χ0n) is 9.38. The molecule has 0 aromatic rings. The summed E-state index contributed by atoms with van der Waals surface area (Å²) in [6.45, 7) is 3.70. The molecule has 5 heteroatoms. The first-order valence-corrected chi connectivity index (χ1v) is 5.49. The van der Waals surface area contributed by atoms with E-state index in [9.17, 15) is 9.59 Å². The molecule has 0 aromatic carbocycles. The van der Waals surface area contributed by atoms with E-state index >= 15 is 0 Å². The van der Waals surface area contributed by atoms with Gasteiger partial charge >= 0.3 is 5.97 Å². The van der Waals surface area contributed by atoms with Crippen molar-refractivity contribution in [2.75, 3.05) is 13.0 Å². The number of nitrogens with one attached hydrogen (secondary N) is 1. The number of hydrogen-bond donors (Lipinski definition) is 1. The third-order valence-electron chi connectivity index (χ3n) is 1.98. The van der Waals surface area contributed by atoms with E-state index in [0.29, 0.717) is 18.7 Å². The minimum atomic E-state index is -0.571. The fourth-order valence-corrected chi connectivity index (χ4v) is 1.23. The van der Waals surface area contributed by atoms with Crippen LogP contribution in [0, 0.1) is 5.92 Å². The third kappa shape index (κ3) is 5.62. The van der Waals surface area contributed by atoms with Crippen molar-refractivity contribution >= 4 is 23.5 Å². The smallest absolute Gasteiger partial charge is 0.328 e. The Balaban J connectivity index is 4.17. The van der Waals surface area contributed by atoms with Crippen LogP contribution in [0.4, 0.5) is 0 Å². The van der Waals surface area contributed by atoms with Gasteiger partial charge in [0.15, 0.2) is 0 Å². The van der Waals surface area contributed by atoms with Crippen molar-refractivity contribution in [3.8, 4) is 0 Å². The van der Waals surface area contributed by atoms with E-state index in [-0.39, 0.29) is 11.8 Å². The first kappa shape index (κ1) is 14.2. The number of carbonyl (C=O) groups excluding carboxylic acids is 2. The molecule has 0 saturated carbocycles. The predicted octanol–water partition coefficient (Wildman–Crippen LogP) is 1.32. The summed E-state index contributed by atoms with van der Waals surface area (Å²) in [5.41, 5.74) is 0. The molecule has 1 amide bonds. The van der Waals surface area contributed by atoms with E-state index in [4.69, 9.17) is 11.6 Å². The lowest BCUT2D eigenvalue weighted by Gasteiger charge is -2.19. The number of amides is 1. The van der Waals surface area contributed by atoms with E-state index in [2.05, 4.69) is 10.1 Å². The molecule has 0 fully saturated rings. The van der Waals surface area contributed by atoms with Crippen molar-refractivity contribution in [1.82, 2.24) is 5.32 Å². The average Bonchev–Trinajstić information content (AvgIpc) is 2.21. The molecule has 0 unspecified atom stereocenters. The molecule has 0 aliphatic heterocycles. The number of alkyl halides is 1. The second-order valence-electron chi connectivity index (χ2n) is 3.60. The second kappa shape index (κ2) is 7.51. The lowest BCUT2D eigenvalue weighted by atomic mass is 10.0. The highest BCUT2D eigenvalue weighted by Gasteiger charge is 2.24. The molecule has 0 saturated heterocycles. The minimum absolute atomic E-state index is 0.0115. The molecule has 1 atom stereocenters. The van der Waals surface area contributed by atoms with Crippen molar-refractivity contribution in [3.05, 3.63) is 0 Å². The van der Waals surface area contributed by atoms with Gasteiger partial charge in [-0.2, -0.15) is 0 Å². The molecule has 88 valence electrons. The van der Waals surface area contributed by atoms with Crippen LogP contribution in [-0.2, 0) is 14.3 Å². The molecular formula is C10H18ClNO3. The molecule has 0 bridgehead atoms. The molecule has 0 spiro atoms. The zero-order chi connectivity index (χ0) is 11.8. The fourth-order valence-electron chi connectivity index (χ4n) is 1.10. The maximum absolute atomic E-state index is 11.4. The summed E-state index contributed by atoms with van der Waals surface area (Å²) >= 11 is 5.46. The summed E-state index contributed by atoms with van der Waals surface area (Å²) in [6.07, 6.45) is 0.948. The van der Waals surface area contributed by atoms with Crippen LogP contribution in [0.5, 0.6) is 0 Å². The van der Waals surface area contributed by atoms with Crippen LogP contribution in [0.15, 0.2) is 0 Å². The average molecular weight is 236 g/mol. The van der Waals surface area contributed by atoms with Gasteiger partial charge in [-0.25, -0.2) is 4.79 Å². The van der Waals surface area contributed by atoms with Gasteiger partial charge in [0.05, 0.1) is 7.11 Å². The predicted molar refractivity (Wildman–Crippen MR) is 58.7 cm³/mol. The van der Waals surface area contributed by atoms with Crippen LogP contribution in [0.3, 0.4) is 0 Å². The van der Waals surface area contributed by atoms with E-state index in [0.717, 1.165) is 0 Å². The van der Waals surface area contributed by atoms with Crippen LogP contribution in [0.2, 0.25) is 0 Å². The first-order chi connectivity index (χ1) is 7.02. The van der Waals surface area contributed by atoms with Gasteiger partial charge in [0.1, 0.15) is 6.04 Å². The lowest BCUT2D eigenvalue weighted by molar-refractivity contribution is -0.146. The molecule has 0 radical (unpaired) electrons. The Morgan fingerprint density at radius 2 is 2.00 bits per heavy atom. The Bertz CT molecular complexity index is 219. The van der Waals surface area contributed by atoms with Crippen molar-refractivity contribution in [3.63, 3.8) is 0 Å². The lowest BCUT2D eigenvalue weighted by Crippen LogP contribution is -2.44. The van der Waals surface area contributed by atoms with Crippen LogP contribution in [0.1, 0.15) is 26.7 Å². The Morgan fingerprint density at radius 3 is 2.40 bits per heavy atom. The van der Waals surface area contributed by atoms with Crippen LogP contribution in [-0.4, -0.2) is 30.9 Å². The molecular weight excluding hydrogens is 218 g/mol. The molecule has 4 nitrogen and oxygen atoms in total. The number of rotatable bonds is 6. The van der Waals surface area contributed by atoms with Gasteiger partial charge in [-0.3, -0.25) is 4.79 Å². The Morgan fingerprint density at radius 1 is 1.40 bits per heavy atom. The number of ether oxygens (including phenoxy) is 1. The monoisotopic (exact) mass is 235 g/mol. The molecule has 0 aliphatic carbocycles. The van der Waals surface area contributed by atoms with Gasteiger partial charge < -0.3 is 10.1 Å². The van der Waals surface area contributed by atoms with Crippen molar-refractivity contribution in [2.45, 2.75) is 32.7 Å². The van der Waals surface area contributed by atoms with Gasteiger partial charge in [-0.05, 0) is 12.3 Å². The summed E-state index contributed by atoms with van der Waals surface area (Å²) in [6, 6.07) is -0.571. The third-order valence-corrected chi connectivity index (χ3v) is 2.24. The highest BCUT2D eigenvalue weighted by Crippen LogP contribution is 2.04. The standard InChI is InChI=1S/C10H18ClNO3/c1-7(2)9(10(14)15-3)12-8(13)5-4-6-11/h7,9H,4-6H2,1-3H3,(H,12,13)/t9-/m0/s1. The molecule has 0 heterocycles. The normalized spacial score (nSPS) is 12.3. The molecule has 1 N–H and O–H groups in total. The van der Waals surface area contributed by atoms with Crippen LogP contribution >= 0.6 is 11.6 Å². The summed E-state index contributed by atoms with van der Waals surface area (Å²) in [5, 5.41) is 2.63. The Hall–Kier alpha value is -0.770. The molecule has 0 rings (SSSR count). The highest BCUT2D eigenvalue weighted by atomic mass is 35.5. The second-order valence-corrected chi connectivity index (χ2v) is 3.98. The van der Waals surface area contributed by atoms with Gasteiger partial charge in [-0.15, -0.1) is 11.6 Å². The summed E-state index contributed by atoms with van der Waals surface area (Å²) in [4.78, 5) is 22.7. The fraction of sp³-hybridized carbons (Fsp3) is 0.800. The van der Waals surface area contributed by atoms with Gasteiger partial charge in [0.25, 0.3) is 0 Å². The number of carbonyl (C=O) groups is 2. The summed E-state index contributed by atoms with van der Waals surface area (Å²) < 4.78 is 4.60. The van der Waals surface area contributed by atoms with Crippen molar-refractivity contribution < 1.29 is 14.3 Å². The molecule has 15 heavy (non-hydrogen) atoms. The highest BCUT2D eigenvalue weighted by molar-refractivity contribution is 6.17. The first-order valence-electron chi connectivity index (χ1n) is 4.96. The Labute approximate surface area is 95.3 Å². The number of esters is 1. The van der Waals surface area contributed by atoms with Gasteiger partial charge in [0, 0.05) is 12.3 Å². The van der Waals surface area contributed by atoms with E-state index in [1.54, 1.807) is 0 Å². The largest absolute Gasteiger partial charge is 0.467 e. The molecule has 0 aromatic heterocycles. The topological polar surface area (TPSA) is 55.4 Å². The summed E-state index contributed by atoms with van der Waals surface area (Å²) in [5.74, 6) is -0.126. The van der Waals surface area contributed by atoms with Crippen molar-refractivity contribution in [2.24, 2.45) is 5.92 Å². The summed E-state index contributed by atoms with van der Waals surface area (Å²) in [7, 11) is 1.31. The quantitative estimate of drug-likeness (QED) is 0.558. The van der Waals surface area contributed by atoms with Crippen molar-refractivity contribution in [1.29, 1.82) is 0 Å². The number of methoxy groups -OCH3 is 1. The van der Waals surface area contributed by atoms with E-state index < -0.39 is 12.0 Å². The van der Waals surface area contributed by atoms with Gasteiger partial charge in [0.2, 0.25) is 5.91 Å². The SMILES string of the molecule is COC(=O)[C@@H](NC(=O)CCCCl)C(C)C.